The van der Waals surface area contributed by atoms with Crippen LogP contribution in [-0.2, 0) is 9.53 Å². The predicted molar refractivity (Wildman–Crippen MR) is 147 cm³/mol. The molecule has 0 spiro atoms. The summed E-state index contributed by atoms with van der Waals surface area (Å²) in [6.07, 6.45) is 0.829. The van der Waals surface area contributed by atoms with Crippen molar-refractivity contribution in [1.29, 1.82) is 0 Å². The zero-order valence-electron chi connectivity index (χ0n) is 20.9. The first-order valence-corrected chi connectivity index (χ1v) is 13.5. The number of halogens is 1. The van der Waals surface area contributed by atoms with Crippen molar-refractivity contribution in [3.05, 3.63) is 68.5 Å². The van der Waals surface area contributed by atoms with E-state index in [9.17, 15) is 9.59 Å². The Bertz CT molecular complexity index is 1200. The Morgan fingerprint density at radius 2 is 1.86 bits per heavy atom. The van der Waals surface area contributed by atoms with E-state index in [2.05, 4.69) is 53.3 Å². The van der Waals surface area contributed by atoms with Crippen LogP contribution in [0.4, 0.5) is 5.00 Å². The summed E-state index contributed by atoms with van der Waals surface area (Å²) < 4.78 is 12.1. The molecule has 0 saturated heterocycles. The second-order valence-corrected chi connectivity index (χ2v) is 10.5. The Morgan fingerprint density at radius 3 is 2.51 bits per heavy atom. The molecule has 0 atom stereocenters. The van der Waals surface area contributed by atoms with Crippen molar-refractivity contribution in [3.8, 4) is 16.9 Å². The van der Waals surface area contributed by atoms with Crippen LogP contribution >= 0.6 is 27.3 Å². The van der Waals surface area contributed by atoms with Gasteiger partial charge in [-0.25, -0.2) is 4.79 Å². The molecule has 0 aliphatic rings. The molecule has 7 heteroatoms. The summed E-state index contributed by atoms with van der Waals surface area (Å²) in [6.45, 7) is 10.8. The van der Waals surface area contributed by atoms with Gasteiger partial charge in [-0.05, 0) is 83.4 Å². The predicted octanol–water partition coefficient (Wildman–Crippen LogP) is 7.89. The summed E-state index contributed by atoms with van der Waals surface area (Å²) in [7, 11) is 0. The van der Waals surface area contributed by atoms with E-state index in [0.717, 1.165) is 26.9 Å². The molecule has 1 N–H and O–H groups in total. The molecule has 0 fully saturated rings. The number of anilines is 1. The fourth-order valence-corrected chi connectivity index (χ4v) is 5.06. The highest BCUT2D eigenvalue weighted by Crippen LogP contribution is 2.37. The van der Waals surface area contributed by atoms with Gasteiger partial charge in [0, 0.05) is 17.4 Å². The minimum absolute atomic E-state index is 0.165. The highest BCUT2D eigenvalue weighted by atomic mass is 79.9. The zero-order valence-corrected chi connectivity index (χ0v) is 23.3. The van der Waals surface area contributed by atoms with E-state index in [4.69, 9.17) is 9.47 Å². The minimum atomic E-state index is -0.435. The lowest BCUT2D eigenvalue weighted by atomic mass is 9.99. The number of ether oxygens (including phenoxy) is 2. The average Bonchev–Trinajstić information content (AvgIpc) is 3.22. The molecule has 2 aromatic carbocycles. The third-order valence-electron chi connectivity index (χ3n) is 5.77. The number of benzene rings is 2. The second kappa shape index (κ2) is 12.4. The number of aryl methyl sites for hydroxylation is 2. The smallest absolute Gasteiger partial charge is 0.341 e. The average molecular weight is 559 g/mol. The van der Waals surface area contributed by atoms with Crippen molar-refractivity contribution in [2.45, 2.75) is 53.4 Å². The van der Waals surface area contributed by atoms with E-state index < -0.39 is 5.97 Å². The summed E-state index contributed by atoms with van der Waals surface area (Å²) in [6, 6.07) is 12.1. The van der Waals surface area contributed by atoms with Crippen LogP contribution in [0.3, 0.4) is 0 Å². The van der Waals surface area contributed by atoms with Crippen LogP contribution in [0, 0.1) is 13.8 Å². The number of hydrogen-bond acceptors (Lipinski definition) is 5. The molecule has 35 heavy (non-hydrogen) atoms. The number of nitrogens with one attached hydrogen (secondary N) is 1. The first kappa shape index (κ1) is 27.0. The third-order valence-corrected chi connectivity index (χ3v) is 7.28. The summed E-state index contributed by atoms with van der Waals surface area (Å²) in [5, 5.41) is 5.32. The number of thiophene rings is 1. The number of amides is 1. The van der Waals surface area contributed by atoms with Gasteiger partial charge in [0.25, 0.3) is 0 Å². The Morgan fingerprint density at radius 1 is 1.09 bits per heavy atom. The fraction of sp³-hybridized carbons (Fsp3) is 0.357. The van der Waals surface area contributed by atoms with Crippen LogP contribution in [-0.4, -0.2) is 25.1 Å². The van der Waals surface area contributed by atoms with Crippen molar-refractivity contribution in [1.82, 2.24) is 0 Å². The highest BCUT2D eigenvalue weighted by molar-refractivity contribution is 9.10. The van der Waals surface area contributed by atoms with Gasteiger partial charge in [0.2, 0.25) is 5.91 Å². The summed E-state index contributed by atoms with van der Waals surface area (Å²) >= 11 is 4.89. The molecule has 0 radical (unpaired) electrons. The van der Waals surface area contributed by atoms with Crippen molar-refractivity contribution >= 4 is 44.1 Å². The molecule has 0 unspecified atom stereocenters. The van der Waals surface area contributed by atoms with E-state index in [1.54, 1.807) is 6.92 Å². The number of carbonyl (C=O) groups is 2. The van der Waals surface area contributed by atoms with Gasteiger partial charge in [0.15, 0.2) is 0 Å². The first-order valence-electron chi connectivity index (χ1n) is 11.8. The quantitative estimate of drug-likeness (QED) is 0.203. The van der Waals surface area contributed by atoms with Gasteiger partial charge in [0.05, 0.1) is 17.7 Å². The van der Waals surface area contributed by atoms with Gasteiger partial charge in [-0.3, -0.25) is 4.79 Å². The molecule has 1 amide bonds. The topological polar surface area (TPSA) is 64.6 Å². The molecular formula is C28H32BrNO4S. The van der Waals surface area contributed by atoms with Gasteiger partial charge in [0.1, 0.15) is 16.3 Å². The lowest BCUT2D eigenvalue weighted by Gasteiger charge is -2.12. The molecule has 3 aromatic rings. The van der Waals surface area contributed by atoms with Crippen molar-refractivity contribution < 1.29 is 19.1 Å². The molecule has 3 rings (SSSR count). The maximum absolute atomic E-state index is 12.8. The SMILES string of the molecule is CCOC(=O)c1c(-c2ccc(C)c(C)c2)csc1NC(=O)CCCOc1ccc(C(C)C)cc1Br. The van der Waals surface area contributed by atoms with Crippen LogP contribution in [0.1, 0.15) is 66.6 Å². The molecule has 1 heterocycles. The molecule has 0 bridgehead atoms. The van der Waals surface area contributed by atoms with Gasteiger partial charge in [-0.15, -0.1) is 11.3 Å². The Labute approximate surface area is 220 Å². The van der Waals surface area contributed by atoms with Gasteiger partial charge >= 0.3 is 5.97 Å². The van der Waals surface area contributed by atoms with Crippen LogP contribution in [0.25, 0.3) is 11.1 Å². The molecular weight excluding hydrogens is 526 g/mol. The number of carbonyl (C=O) groups excluding carboxylic acids is 2. The summed E-state index contributed by atoms with van der Waals surface area (Å²) in [5.74, 6) is 0.601. The van der Waals surface area contributed by atoms with E-state index in [-0.39, 0.29) is 18.9 Å². The van der Waals surface area contributed by atoms with Crippen molar-refractivity contribution in [3.63, 3.8) is 0 Å². The monoisotopic (exact) mass is 557 g/mol. The molecule has 0 aliphatic heterocycles. The number of rotatable bonds is 10. The molecule has 0 saturated carbocycles. The standard InChI is InChI=1S/C28H32BrNO4S/c1-6-33-28(32)26-22(21-10-9-18(4)19(5)14-21)16-35-27(26)30-25(31)8-7-13-34-24-12-11-20(17(2)3)15-23(24)29/h9-12,14-17H,6-8,13H2,1-5H3,(H,30,31). The third kappa shape index (κ3) is 6.95. The Kier molecular flexibility index (Phi) is 9.52. The normalized spacial score (nSPS) is 10.9. The maximum Gasteiger partial charge on any atom is 0.341 e. The Hall–Kier alpha value is -2.64. The number of esters is 1. The van der Waals surface area contributed by atoms with Crippen molar-refractivity contribution in [2.75, 3.05) is 18.5 Å². The lowest BCUT2D eigenvalue weighted by molar-refractivity contribution is -0.116. The summed E-state index contributed by atoms with van der Waals surface area (Å²) in [5.41, 5.74) is 5.65. The lowest BCUT2D eigenvalue weighted by Crippen LogP contribution is -2.15. The van der Waals surface area contributed by atoms with Gasteiger partial charge < -0.3 is 14.8 Å². The van der Waals surface area contributed by atoms with Crippen LogP contribution in [0.2, 0.25) is 0 Å². The van der Waals surface area contributed by atoms with Crippen molar-refractivity contribution in [2.24, 2.45) is 0 Å². The zero-order chi connectivity index (χ0) is 25.5. The fourth-order valence-electron chi connectivity index (χ4n) is 3.57. The van der Waals surface area contributed by atoms with E-state index in [1.807, 2.05) is 37.4 Å². The van der Waals surface area contributed by atoms with E-state index in [0.29, 0.717) is 29.5 Å². The molecule has 186 valence electrons. The minimum Gasteiger partial charge on any atom is -0.492 e. The maximum atomic E-state index is 12.8. The van der Waals surface area contributed by atoms with Gasteiger partial charge in [-0.2, -0.15) is 0 Å². The van der Waals surface area contributed by atoms with Gasteiger partial charge in [-0.1, -0.05) is 38.1 Å². The number of hydrogen-bond donors (Lipinski definition) is 1. The first-order chi connectivity index (χ1) is 16.7. The molecule has 5 nitrogen and oxygen atoms in total. The molecule has 1 aromatic heterocycles. The van der Waals surface area contributed by atoms with Crippen LogP contribution in [0.5, 0.6) is 5.75 Å². The van der Waals surface area contributed by atoms with E-state index >= 15 is 0 Å². The second-order valence-electron chi connectivity index (χ2n) is 8.72. The highest BCUT2D eigenvalue weighted by Gasteiger charge is 2.23. The van der Waals surface area contributed by atoms with E-state index in [1.165, 1.54) is 22.5 Å². The summed E-state index contributed by atoms with van der Waals surface area (Å²) in [4.78, 5) is 25.4. The van der Waals surface area contributed by atoms with Crippen LogP contribution < -0.4 is 10.1 Å². The largest absolute Gasteiger partial charge is 0.492 e. The molecule has 0 aliphatic carbocycles. The van der Waals surface area contributed by atoms with Crippen LogP contribution in [0.15, 0.2) is 46.3 Å². The Balaban J connectivity index is 1.65.